The number of β-amino-alcohol motifs (C(OH)–C–C–N with tert-alkyl or cyclic N) is 1. The number of aliphatic hydroxyl groups is 1. The fourth-order valence-corrected chi connectivity index (χ4v) is 2.40. The van der Waals surface area contributed by atoms with E-state index in [-0.39, 0.29) is 11.6 Å². The summed E-state index contributed by atoms with van der Waals surface area (Å²) in [5, 5.41) is 21.2. The number of nitrogens with zero attached hydrogens (tertiary/aromatic N) is 2. The van der Waals surface area contributed by atoms with Crippen molar-refractivity contribution in [2.24, 2.45) is 5.92 Å². The molecule has 0 amide bonds. The van der Waals surface area contributed by atoms with Crippen LogP contribution in [0.2, 0.25) is 0 Å². The zero-order valence-corrected chi connectivity index (χ0v) is 11.8. The molecule has 6 heteroatoms. The van der Waals surface area contributed by atoms with Gasteiger partial charge < -0.3 is 10.0 Å². The minimum absolute atomic E-state index is 0.0732. The highest BCUT2D eigenvalue weighted by molar-refractivity contribution is 9.10. The third-order valence-corrected chi connectivity index (χ3v) is 3.97. The lowest BCUT2D eigenvalue weighted by Gasteiger charge is -2.50. The van der Waals surface area contributed by atoms with Gasteiger partial charge in [-0.3, -0.25) is 10.1 Å². The maximum atomic E-state index is 11.0. The maximum Gasteiger partial charge on any atom is 0.292 e. The average Bonchev–Trinajstić information content (AvgIpc) is 2.23. The molecule has 1 aliphatic rings. The van der Waals surface area contributed by atoms with Crippen LogP contribution in [0.4, 0.5) is 11.4 Å². The zero-order chi connectivity index (χ0) is 13.5. The second-order valence-electron chi connectivity index (χ2n) is 5.00. The maximum absolute atomic E-state index is 11.0. The first kappa shape index (κ1) is 13.3. The highest BCUT2D eigenvalue weighted by Crippen LogP contribution is 2.38. The smallest absolute Gasteiger partial charge is 0.292 e. The number of hydrogen-bond donors (Lipinski definition) is 1. The molecule has 1 saturated heterocycles. The molecule has 1 aromatic carbocycles. The van der Waals surface area contributed by atoms with Crippen LogP contribution in [0.1, 0.15) is 13.8 Å². The van der Waals surface area contributed by atoms with Crippen molar-refractivity contribution >= 4 is 27.3 Å². The van der Waals surface area contributed by atoms with Crippen LogP contribution < -0.4 is 4.90 Å². The van der Waals surface area contributed by atoms with E-state index in [2.05, 4.69) is 15.9 Å². The predicted molar refractivity (Wildman–Crippen MR) is 72.8 cm³/mol. The van der Waals surface area contributed by atoms with E-state index < -0.39 is 10.5 Å². The molecule has 1 N–H and O–H groups in total. The molecule has 5 nitrogen and oxygen atoms in total. The van der Waals surface area contributed by atoms with Gasteiger partial charge in [-0.15, -0.1) is 0 Å². The highest BCUT2D eigenvalue weighted by Gasteiger charge is 2.45. The molecule has 98 valence electrons. The Balaban J connectivity index is 2.26. The van der Waals surface area contributed by atoms with Gasteiger partial charge in [0.2, 0.25) is 0 Å². The van der Waals surface area contributed by atoms with Crippen LogP contribution >= 0.6 is 15.9 Å². The van der Waals surface area contributed by atoms with Crippen molar-refractivity contribution in [2.45, 2.75) is 19.4 Å². The summed E-state index contributed by atoms with van der Waals surface area (Å²) in [6, 6.07) is 4.85. The third-order valence-electron chi connectivity index (χ3n) is 3.48. The molecule has 0 radical (unpaired) electrons. The number of hydrogen-bond acceptors (Lipinski definition) is 4. The number of anilines is 1. The second-order valence-corrected chi connectivity index (χ2v) is 5.92. The first-order chi connectivity index (χ1) is 8.33. The van der Waals surface area contributed by atoms with E-state index in [0.717, 1.165) is 4.47 Å². The van der Waals surface area contributed by atoms with E-state index >= 15 is 0 Å². The molecular weight excluding hydrogens is 300 g/mol. The summed E-state index contributed by atoms with van der Waals surface area (Å²) < 4.78 is 0.795. The van der Waals surface area contributed by atoms with Gasteiger partial charge in [0.15, 0.2) is 0 Å². The number of benzene rings is 1. The van der Waals surface area contributed by atoms with Crippen molar-refractivity contribution in [3.63, 3.8) is 0 Å². The normalized spacial score (nSPS) is 17.7. The predicted octanol–water partition coefficient (Wildman–Crippen LogP) is 2.56. The molecule has 1 aromatic rings. The number of nitro benzene ring substituents is 1. The van der Waals surface area contributed by atoms with Gasteiger partial charge in [-0.2, -0.15) is 0 Å². The van der Waals surface area contributed by atoms with Gasteiger partial charge >= 0.3 is 0 Å². The minimum atomic E-state index is -0.740. The van der Waals surface area contributed by atoms with Crippen LogP contribution in [-0.2, 0) is 0 Å². The van der Waals surface area contributed by atoms with Crippen molar-refractivity contribution < 1.29 is 10.0 Å². The number of halogens is 1. The van der Waals surface area contributed by atoms with Gasteiger partial charge in [-0.05, 0) is 18.1 Å². The summed E-state index contributed by atoms with van der Waals surface area (Å²) in [5.41, 5.74) is -0.111. The molecule has 1 fully saturated rings. The Morgan fingerprint density at radius 1 is 1.50 bits per heavy atom. The summed E-state index contributed by atoms with van der Waals surface area (Å²) in [6.07, 6.45) is 0. The topological polar surface area (TPSA) is 66.6 Å². The molecule has 18 heavy (non-hydrogen) atoms. The minimum Gasteiger partial charge on any atom is -0.386 e. The lowest BCUT2D eigenvalue weighted by Crippen LogP contribution is -2.64. The van der Waals surface area contributed by atoms with Gasteiger partial charge in [0.05, 0.1) is 4.92 Å². The molecule has 1 heterocycles. The van der Waals surface area contributed by atoms with E-state index in [0.29, 0.717) is 18.8 Å². The van der Waals surface area contributed by atoms with Crippen LogP contribution in [0.3, 0.4) is 0 Å². The Morgan fingerprint density at radius 2 is 2.11 bits per heavy atom. The van der Waals surface area contributed by atoms with Gasteiger partial charge in [-0.25, -0.2) is 0 Å². The van der Waals surface area contributed by atoms with Crippen molar-refractivity contribution in [1.29, 1.82) is 0 Å². The molecule has 2 rings (SSSR count). The Labute approximate surface area is 114 Å². The Morgan fingerprint density at radius 3 is 2.61 bits per heavy atom. The largest absolute Gasteiger partial charge is 0.386 e. The number of rotatable bonds is 3. The van der Waals surface area contributed by atoms with E-state index in [1.807, 2.05) is 18.7 Å². The van der Waals surface area contributed by atoms with E-state index in [4.69, 9.17) is 0 Å². The molecule has 0 atom stereocenters. The lowest BCUT2D eigenvalue weighted by atomic mass is 9.82. The van der Waals surface area contributed by atoms with E-state index in [1.165, 1.54) is 6.07 Å². The average molecular weight is 315 g/mol. The second kappa shape index (κ2) is 4.51. The summed E-state index contributed by atoms with van der Waals surface area (Å²) in [5.74, 6) is 0.139. The monoisotopic (exact) mass is 314 g/mol. The summed E-state index contributed by atoms with van der Waals surface area (Å²) in [7, 11) is 0. The van der Waals surface area contributed by atoms with Gasteiger partial charge in [0.1, 0.15) is 11.3 Å². The fraction of sp³-hybridized carbons (Fsp3) is 0.500. The summed E-state index contributed by atoms with van der Waals surface area (Å²) in [6.45, 7) is 4.77. The van der Waals surface area contributed by atoms with Crippen LogP contribution in [0.15, 0.2) is 22.7 Å². The molecule has 0 aromatic heterocycles. The molecule has 1 aliphatic heterocycles. The van der Waals surface area contributed by atoms with Gasteiger partial charge in [0.25, 0.3) is 5.69 Å². The number of nitro groups is 1. The summed E-state index contributed by atoms with van der Waals surface area (Å²) >= 11 is 3.31. The van der Waals surface area contributed by atoms with E-state index in [9.17, 15) is 15.2 Å². The zero-order valence-electron chi connectivity index (χ0n) is 10.3. The van der Waals surface area contributed by atoms with Gasteiger partial charge in [0, 0.05) is 23.6 Å². The van der Waals surface area contributed by atoms with Crippen LogP contribution in [-0.4, -0.2) is 28.7 Å². The lowest BCUT2D eigenvalue weighted by molar-refractivity contribution is -0.384. The van der Waals surface area contributed by atoms with Crippen molar-refractivity contribution in [3.8, 4) is 0 Å². The van der Waals surface area contributed by atoms with Crippen molar-refractivity contribution in [1.82, 2.24) is 0 Å². The standard InChI is InChI=1S/C12H15BrN2O3/c1-8(2)12(16)6-14(7-12)11-5-9(13)3-4-10(11)15(17)18/h3-5,8,16H,6-7H2,1-2H3. The highest BCUT2D eigenvalue weighted by atomic mass is 79.9. The SMILES string of the molecule is CC(C)C1(O)CN(c2cc(Br)ccc2[N+](=O)[O-])C1. The summed E-state index contributed by atoms with van der Waals surface area (Å²) in [4.78, 5) is 12.4. The quantitative estimate of drug-likeness (QED) is 0.688. The molecule has 0 bridgehead atoms. The molecule has 0 aliphatic carbocycles. The van der Waals surface area contributed by atoms with Crippen molar-refractivity contribution in [3.05, 3.63) is 32.8 Å². The molecule has 0 spiro atoms. The Kier molecular flexibility index (Phi) is 3.33. The van der Waals surface area contributed by atoms with Crippen LogP contribution in [0.25, 0.3) is 0 Å². The Hall–Kier alpha value is -1.14. The molecular formula is C12H15BrN2O3. The first-order valence-corrected chi connectivity index (χ1v) is 6.54. The molecule has 0 unspecified atom stereocenters. The van der Waals surface area contributed by atoms with Crippen molar-refractivity contribution in [2.75, 3.05) is 18.0 Å². The van der Waals surface area contributed by atoms with Crippen LogP contribution in [0.5, 0.6) is 0 Å². The fourth-order valence-electron chi connectivity index (χ4n) is 2.05. The Bertz CT molecular complexity index is 484. The van der Waals surface area contributed by atoms with Crippen LogP contribution in [0, 0.1) is 16.0 Å². The molecule has 0 saturated carbocycles. The first-order valence-electron chi connectivity index (χ1n) is 5.75. The van der Waals surface area contributed by atoms with Gasteiger partial charge in [-0.1, -0.05) is 29.8 Å². The van der Waals surface area contributed by atoms with E-state index in [1.54, 1.807) is 12.1 Å². The third kappa shape index (κ3) is 2.22.